The molecule has 0 heterocycles. The van der Waals surface area contributed by atoms with Gasteiger partial charge in [0.1, 0.15) is 54.3 Å². The molecule has 14 nitrogen and oxygen atoms in total. The van der Waals surface area contributed by atoms with E-state index in [1.54, 1.807) is 72.8 Å². The highest BCUT2D eigenvalue weighted by molar-refractivity contribution is 7.93. The number of carboxylic acids is 2. The first-order valence-electron chi connectivity index (χ1n) is 21.7. The molecular weight excluding hydrogens is 968 g/mol. The molecule has 0 bridgehead atoms. The second kappa shape index (κ2) is 24.2. The molecule has 0 atom stereocenters. The lowest BCUT2D eigenvalue weighted by Gasteiger charge is -2.23. The van der Waals surface area contributed by atoms with Gasteiger partial charge in [-0.05, 0) is 150 Å². The highest BCUT2D eigenvalue weighted by Crippen LogP contribution is 2.36. The summed E-state index contributed by atoms with van der Waals surface area (Å²) in [7, 11) is -7.73. The zero-order valence-corrected chi connectivity index (χ0v) is 41.9. The molecular formula is C51H54Cl2N2O12S2. The maximum atomic E-state index is 13.6. The predicted octanol–water partition coefficient (Wildman–Crippen LogP) is 12.0. The van der Waals surface area contributed by atoms with Gasteiger partial charge in [-0.2, -0.15) is 0 Å². The van der Waals surface area contributed by atoms with Crippen molar-refractivity contribution in [1.82, 2.24) is 0 Å². The van der Waals surface area contributed by atoms with Crippen LogP contribution in [-0.2, 0) is 20.0 Å². The molecule has 6 aromatic rings. The Morgan fingerprint density at radius 2 is 0.841 bits per heavy atom. The van der Waals surface area contributed by atoms with Crippen molar-refractivity contribution in [3.8, 4) is 23.0 Å². The first kappa shape index (κ1) is 53.5. The molecule has 0 spiro atoms. The Balaban J connectivity index is 0.000000263. The third-order valence-electron chi connectivity index (χ3n) is 10.2. The number of benzene rings is 6. The number of carbonyl (C=O) groups is 2. The molecule has 4 N–H and O–H groups in total. The number of aromatic carboxylic acids is 2. The number of carboxylic acid groups (broad SMARTS) is 2. The molecule has 0 aromatic heterocycles. The minimum Gasteiger partial charge on any atom is -0.490 e. The molecule has 0 amide bonds. The van der Waals surface area contributed by atoms with Gasteiger partial charge >= 0.3 is 11.9 Å². The van der Waals surface area contributed by atoms with Crippen LogP contribution in [0.15, 0.2) is 137 Å². The lowest BCUT2D eigenvalue weighted by atomic mass is 9.89. The van der Waals surface area contributed by atoms with Crippen LogP contribution in [0.2, 0.25) is 10.0 Å². The molecule has 0 saturated heterocycles. The quantitative estimate of drug-likeness (QED) is 0.0497. The van der Waals surface area contributed by atoms with E-state index in [0.717, 1.165) is 16.7 Å². The van der Waals surface area contributed by atoms with E-state index in [-0.39, 0.29) is 64.3 Å². The van der Waals surface area contributed by atoms with Crippen molar-refractivity contribution in [2.24, 2.45) is 0 Å². The predicted molar refractivity (Wildman–Crippen MR) is 268 cm³/mol. The zero-order valence-electron chi connectivity index (χ0n) is 38.7. The van der Waals surface area contributed by atoms with E-state index in [0.29, 0.717) is 45.2 Å². The largest absolute Gasteiger partial charge is 0.490 e. The summed E-state index contributed by atoms with van der Waals surface area (Å²) in [4.78, 5) is 22.0. The van der Waals surface area contributed by atoms with Crippen molar-refractivity contribution in [3.63, 3.8) is 0 Å². The fourth-order valence-electron chi connectivity index (χ4n) is 6.56. The SMILES string of the molecule is CC(C)c1cc(C(C)C)c(S(=O)(=O)Nc2ccc(OCCOc3ccc(C(=O)O)cc3)cc2)c(C(C)C)c1.O=C(O)c1ccc(OCCOc2ccc(NS(=O)(=O)c3cc(Cl)ccc3Cl)cc2)cc1. The zero-order chi connectivity index (χ0) is 50.5. The summed E-state index contributed by atoms with van der Waals surface area (Å²) in [6, 6.07) is 33.5. The first-order chi connectivity index (χ1) is 32.6. The maximum absolute atomic E-state index is 13.6. The second-order valence-corrected chi connectivity index (χ2v) is 20.5. The van der Waals surface area contributed by atoms with E-state index < -0.39 is 32.0 Å². The molecule has 69 heavy (non-hydrogen) atoms. The molecule has 0 aliphatic carbocycles. The number of anilines is 2. The Bertz CT molecular complexity index is 2880. The highest BCUT2D eigenvalue weighted by Gasteiger charge is 2.27. The van der Waals surface area contributed by atoms with Crippen LogP contribution in [0.3, 0.4) is 0 Å². The molecule has 0 saturated carbocycles. The van der Waals surface area contributed by atoms with E-state index in [1.165, 1.54) is 42.5 Å². The van der Waals surface area contributed by atoms with Crippen LogP contribution in [0.1, 0.15) is 96.7 Å². The Morgan fingerprint density at radius 3 is 1.17 bits per heavy atom. The molecule has 366 valence electrons. The Kier molecular flexibility index (Phi) is 18.8. The summed E-state index contributed by atoms with van der Waals surface area (Å²) in [6.07, 6.45) is 0. The van der Waals surface area contributed by atoms with E-state index in [2.05, 4.69) is 23.3 Å². The average Bonchev–Trinajstić information content (AvgIpc) is 3.30. The summed E-state index contributed by atoms with van der Waals surface area (Å²) in [6.45, 7) is 13.3. The second-order valence-electron chi connectivity index (χ2n) is 16.4. The van der Waals surface area contributed by atoms with Crippen LogP contribution < -0.4 is 28.4 Å². The summed E-state index contributed by atoms with van der Waals surface area (Å²) in [5.41, 5.74) is 3.94. The monoisotopic (exact) mass is 1020 g/mol. The third kappa shape index (κ3) is 15.5. The van der Waals surface area contributed by atoms with Crippen LogP contribution in [-0.4, -0.2) is 65.4 Å². The summed E-state index contributed by atoms with van der Waals surface area (Å²) >= 11 is 11.8. The molecule has 0 aliphatic rings. The lowest BCUT2D eigenvalue weighted by molar-refractivity contribution is 0.0686. The fourth-order valence-corrected chi connectivity index (χ4v) is 10.1. The average molecular weight is 1020 g/mol. The van der Waals surface area contributed by atoms with E-state index >= 15 is 0 Å². The van der Waals surface area contributed by atoms with Crippen molar-refractivity contribution in [1.29, 1.82) is 0 Å². The number of sulfonamides is 2. The maximum Gasteiger partial charge on any atom is 0.335 e. The van der Waals surface area contributed by atoms with Crippen molar-refractivity contribution in [2.45, 2.75) is 69.1 Å². The van der Waals surface area contributed by atoms with Crippen LogP contribution in [0.25, 0.3) is 0 Å². The number of nitrogens with one attached hydrogen (secondary N) is 2. The van der Waals surface area contributed by atoms with Gasteiger partial charge in [0.25, 0.3) is 20.0 Å². The van der Waals surface area contributed by atoms with Gasteiger partial charge in [-0.25, -0.2) is 26.4 Å². The van der Waals surface area contributed by atoms with E-state index in [9.17, 15) is 26.4 Å². The summed E-state index contributed by atoms with van der Waals surface area (Å²) < 4.78 is 79.8. The van der Waals surface area contributed by atoms with Crippen molar-refractivity contribution >= 4 is 66.6 Å². The van der Waals surface area contributed by atoms with Crippen LogP contribution >= 0.6 is 23.2 Å². The highest BCUT2D eigenvalue weighted by atomic mass is 35.5. The molecule has 18 heteroatoms. The van der Waals surface area contributed by atoms with Crippen molar-refractivity contribution in [3.05, 3.63) is 165 Å². The number of hydrogen-bond donors (Lipinski definition) is 4. The topological polar surface area (TPSA) is 204 Å². The first-order valence-corrected chi connectivity index (χ1v) is 25.4. The molecule has 0 radical (unpaired) electrons. The van der Waals surface area contributed by atoms with Gasteiger partial charge < -0.3 is 29.2 Å². The molecule has 0 fully saturated rings. The van der Waals surface area contributed by atoms with Crippen molar-refractivity contribution in [2.75, 3.05) is 35.9 Å². The smallest absolute Gasteiger partial charge is 0.335 e. The third-order valence-corrected chi connectivity index (χ3v) is 13.8. The van der Waals surface area contributed by atoms with Crippen LogP contribution in [0.5, 0.6) is 23.0 Å². The van der Waals surface area contributed by atoms with Gasteiger partial charge in [0.05, 0.1) is 21.0 Å². The summed E-state index contributed by atoms with van der Waals surface area (Å²) in [5, 5.41) is 18.1. The Morgan fingerprint density at radius 1 is 0.493 bits per heavy atom. The number of ether oxygens (including phenoxy) is 4. The fraction of sp³-hybridized carbons (Fsp3) is 0.255. The van der Waals surface area contributed by atoms with Gasteiger partial charge in [-0.15, -0.1) is 0 Å². The summed E-state index contributed by atoms with van der Waals surface area (Å²) in [5.74, 6) is 0.566. The number of hydrogen-bond acceptors (Lipinski definition) is 10. The minimum absolute atomic E-state index is 0.0471. The van der Waals surface area contributed by atoms with Crippen LogP contribution in [0.4, 0.5) is 11.4 Å². The van der Waals surface area contributed by atoms with Gasteiger partial charge in [0.15, 0.2) is 0 Å². The Hall–Kier alpha value is -6.46. The normalized spacial score (nSPS) is 11.4. The Labute approximate surface area is 413 Å². The van der Waals surface area contributed by atoms with Gasteiger partial charge in [-0.1, -0.05) is 76.9 Å². The van der Waals surface area contributed by atoms with Crippen LogP contribution in [0, 0.1) is 0 Å². The molecule has 6 rings (SSSR count). The van der Waals surface area contributed by atoms with E-state index in [1.807, 2.05) is 39.8 Å². The lowest BCUT2D eigenvalue weighted by Crippen LogP contribution is -2.19. The molecule has 0 unspecified atom stereocenters. The van der Waals surface area contributed by atoms with Gasteiger partial charge in [0, 0.05) is 16.4 Å². The van der Waals surface area contributed by atoms with Gasteiger partial charge in [0.2, 0.25) is 0 Å². The molecule has 6 aromatic carbocycles. The van der Waals surface area contributed by atoms with Crippen molar-refractivity contribution < 1.29 is 55.6 Å². The number of halogens is 2. The standard InChI is InChI=1S/C30H37NO6S.C21H17Cl2NO6S/c1-19(2)23-17-27(20(3)4)29(28(18-23)21(5)6)38(34,35)31-24-9-13-26(14-10-24)37-16-15-36-25-11-7-22(8-12-25)30(32)33;22-15-3-10-19(23)20(13-15)31(27,28)24-16-4-8-18(9-5-16)30-12-11-29-17-6-1-14(2-7-17)21(25)26/h7-14,17-21,31H,15-16H2,1-6H3,(H,32,33);1-10,13,24H,11-12H2,(H,25,26). The minimum atomic E-state index is -3.90. The van der Waals surface area contributed by atoms with E-state index in [4.69, 9.17) is 52.4 Å². The number of rotatable bonds is 21. The molecule has 0 aliphatic heterocycles. The van der Waals surface area contributed by atoms with Gasteiger partial charge in [-0.3, -0.25) is 9.44 Å².